The number of hydrogen-bond acceptors (Lipinski definition) is 5. The molecule has 0 aromatic heterocycles. The van der Waals surface area contributed by atoms with Gasteiger partial charge in [-0.1, -0.05) is 0 Å². The van der Waals surface area contributed by atoms with Gasteiger partial charge >= 0.3 is 0 Å². The van der Waals surface area contributed by atoms with Crippen LogP contribution < -0.4 is 10.2 Å². The highest BCUT2D eigenvalue weighted by Gasteiger charge is 2.28. The molecule has 3 rings (SSSR count). The van der Waals surface area contributed by atoms with E-state index in [1.54, 1.807) is 12.1 Å². The van der Waals surface area contributed by atoms with Gasteiger partial charge in [-0.3, -0.25) is 4.79 Å². The largest absolute Gasteiger partial charge is 0.506 e. The fraction of sp³-hybridized carbons (Fsp3) is 0.316. The number of phenols is 1. The molecule has 0 spiro atoms. The highest BCUT2D eigenvalue weighted by molar-refractivity contribution is 7.89. The first-order chi connectivity index (χ1) is 12.8. The number of anilines is 2. The number of benzene rings is 2. The molecule has 0 aliphatic carbocycles. The zero-order valence-corrected chi connectivity index (χ0v) is 16.2. The fourth-order valence-corrected chi connectivity index (χ4v) is 4.50. The van der Waals surface area contributed by atoms with Crippen molar-refractivity contribution < 1.29 is 18.3 Å². The lowest BCUT2D eigenvalue weighted by atomic mass is 10.2. The lowest BCUT2D eigenvalue weighted by Crippen LogP contribution is -2.28. The molecular weight excluding hydrogens is 366 g/mol. The van der Waals surface area contributed by atoms with Gasteiger partial charge in [0, 0.05) is 38.4 Å². The number of nitrogens with one attached hydrogen (secondary N) is 1. The Labute approximate surface area is 159 Å². The Morgan fingerprint density at radius 1 is 1.07 bits per heavy atom. The van der Waals surface area contributed by atoms with Crippen molar-refractivity contribution in [3.63, 3.8) is 0 Å². The third-order valence-corrected chi connectivity index (χ3v) is 6.46. The molecule has 1 fully saturated rings. The Balaban J connectivity index is 1.83. The third-order valence-electron chi connectivity index (χ3n) is 4.56. The van der Waals surface area contributed by atoms with Crippen molar-refractivity contribution in [1.82, 2.24) is 4.31 Å². The van der Waals surface area contributed by atoms with Crippen LogP contribution in [0.2, 0.25) is 0 Å². The van der Waals surface area contributed by atoms with Crippen LogP contribution in [0.1, 0.15) is 23.2 Å². The Hall–Kier alpha value is -2.58. The van der Waals surface area contributed by atoms with E-state index in [4.69, 9.17) is 0 Å². The van der Waals surface area contributed by atoms with Crippen molar-refractivity contribution in [1.29, 1.82) is 0 Å². The fourth-order valence-electron chi connectivity index (χ4n) is 2.96. The summed E-state index contributed by atoms with van der Waals surface area (Å²) in [7, 11) is 0.176. The van der Waals surface area contributed by atoms with Gasteiger partial charge in [0.2, 0.25) is 10.0 Å². The second-order valence-corrected chi connectivity index (χ2v) is 8.62. The molecule has 0 bridgehead atoms. The summed E-state index contributed by atoms with van der Waals surface area (Å²) in [4.78, 5) is 14.4. The summed E-state index contributed by atoms with van der Waals surface area (Å²) in [5, 5.41) is 12.6. The van der Waals surface area contributed by atoms with Crippen LogP contribution in [0.15, 0.2) is 47.4 Å². The Morgan fingerprint density at radius 2 is 1.70 bits per heavy atom. The number of rotatable bonds is 5. The average Bonchev–Trinajstić information content (AvgIpc) is 3.19. The molecule has 27 heavy (non-hydrogen) atoms. The van der Waals surface area contributed by atoms with Gasteiger partial charge in [0.05, 0.1) is 10.6 Å². The second kappa shape index (κ2) is 7.58. The van der Waals surface area contributed by atoms with E-state index in [2.05, 4.69) is 5.32 Å². The van der Waals surface area contributed by atoms with Crippen LogP contribution in [0, 0.1) is 0 Å². The first-order valence-corrected chi connectivity index (χ1v) is 10.1. The van der Waals surface area contributed by atoms with Crippen LogP contribution in [0.4, 0.5) is 11.4 Å². The summed E-state index contributed by atoms with van der Waals surface area (Å²) >= 11 is 0. The zero-order chi connectivity index (χ0) is 19.6. The summed E-state index contributed by atoms with van der Waals surface area (Å²) in [6.45, 7) is 0.978. The summed E-state index contributed by atoms with van der Waals surface area (Å²) in [5.41, 5.74) is 1.43. The van der Waals surface area contributed by atoms with Crippen LogP contribution >= 0.6 is 0 Å². The van der Waals surface area contributed by atoms with E-state index in [0.29, 0.717) is 18.7 Å². The molecule has 0 radical (unpaired) electrons. The van der Waals surface area contributed by atoms with Crippen LogP contribution in [0.3, 0.4) is 0 Å². The second-order valence-electron chi connectivity index (χ2n) is 6.69. The highest BCUT2D eigenvalue weighted by atomic mass is 32.2. The molecular formula is C19H23N3O4S. The number of amides is 1. The van der Waals surface area contributed by atoms with Gasteiger partial charge in [-0.05, 0) is 55.3 Å². The molecule has 144 valence electrons. The number of nitrogens with zero attached hydrogens (tertiary/aromatic N) is 2. The number of carbonyl (C=O) groups excluding carboxylic acids is 1. The summed E-state index contributed by atoms with van der Waals surface area (Å²) < 4.78 is 26.8. The van der Waals surface area contributed by atoms with Gasteiger partial charge in [0.1, 0.15) is 5.75 Å². The molecule has 7 nitrogen and oxygen atoms in total. The monoisotopic (exact) mass is 389 g/mol. The van der Waals surface area contributed by atoms with Gasteiger partial charge in [0.15, 0.2) is 0 Å². The number of phenolic OH excluding ortho intramolecular Hbond substituents is 1. The maximum absolute atomic E-state index is 12.7. The van der Waals surface area contributed by atoms with Crippen molar-refractivity contribution in [2.24, 2.45) is 0 Å². The Kier molecular flexibility index (Phi) is 5.38. The maximum atomic E-state index is 12.7. The quantitative estimate of drug-likeness (QED) is 0.767. The van der Waals surface area contributed by atoms with E-state index in [1.807, 2.05) is 31.1 Å². The predicted octanol–water partition coefficient (Wildman–Crippen LogP) is 2.50. The van der Waals surface area contributed by atoms with Crippen LogP contribution in [-0.4, -0.2) is 50.9 Å². The lowest BCUT2D eigenvalue weighted by Gasteiger charge is -2.17. The van der Waals surface area contributed by atoms with E-state index in [0.717, 1.165) is 18.5 Å². The molecule has 1 heterocycles. The minimum absolute atomic E-state index is 0.0560. The minimum atomic E-state index is -3.63. The highest BCUT2D eigenvalue weighted by Crippen LogP contribution is 2.29. The van der Waals surface area contributed by atoms with E-state index >= 15 is 0 Å². The van der Waals surface area contributed by atoms with Crippen LogP contribution in [0.5, 0.6) is 5.75 Å². The molecule has 2 aromatic carbocycles. The zero-order valence-electron chi connectivity index (χ0n) is 15.3. The predicted molar refractivity (Wildman–Crippen MR) is 105 cm³/mol. The lowest BCUT2D eigenvalue weighted by molar-refractivity contribution is 0.102. The van der Waals surface area contributed by atoms with E-state index < -0.39 is 15.9 Å². The van der Waals surface area contributed by atoms with Crippen molar-refractivity contribution in [2.75, 3.05) is 37.4 Å². The van der Waals surface area contributed by atoms with Crippen molar-refractivity contribution >= 4 is 27.3 Å². The SMILES string of the molecule is CN(C)c1ccc(C(=O)Nc2cc(S(=O)(=O)N3CCCC3)ccc2O)cc1. The van der Waals surface area contributed by atoms with E-state index in [1.165, 1.54) is 22.5 Å². The summed E-state index contributed by atoms with van der Waals surface area (Å²) in [6.07, 6.45) is 1.67. The molecule has 1 aliphatic rings. The van der Waals surface area contributed by atoms with Gasteiger partial charge in [0.25, 0.3) is 5.91 Å². The molecule has 0 atom stereocenters. The Bertz CT molecular complexity index is 934. The minimum Gasteiger partial charge on any atom is -0.506 e. The Morgan fingerprint density at radius 3 is 2.30 bits per heavy atom. The van der Waals surface area contributed by atoms with Gasteiger partial charge in [-0.2, -0.15) is 4.31 Å². The number of sulfonamides is 1. The van der Waals surface area contributed by atoms with Crippen molar-refractivity contribution in [2.45, 2.75) is 17.7 Å². The molecule has 2 N–H and O–H groups in total. The van der Waals surface area contributed by atoms with Gasteiger partial charge in [-0.25, -0.2) is 8.42 Å². The molecule has 8 heteroatoms. The number of carbonyl (C=O) groups is 1. The normalized spacial score (nSPS) is 14.9. The van der Waals surface area contributed by atoms with Gasteiger partial charge in [-0.15, -0.1) is 0 Å². The molecule has 1 aliphatic heterocycles. The molecule has 2 aromatic rings. The van der Waals surface area contributed by atoms with Gasteiger partial charge < -0.3 is 15.3 Å². The van der Waals surface area contributed by atoms with Crippen molar-refractivity contribution in [3.05, 3.63) is 48.0 Å². The standard InChI is InChI=1S/C19H23N3O4S/c1-21(2)15-7-5-14(6-8-15)19(24)20-17-13-16(9-10-18(17)23)27(25,26)22-11-3-4-12-22/h5-10,13,23H,3-4,11-12H2,1-2H3,(H,20,24). The first-order valence-electron chi connectivity index (χ1n) is 8.71. The van der Waals surface area contributed by atoms with Crippen LogP contribution in [0.25, 0.3) is 0 Å². The molecule has 1 amide bonds. The third kappa shape index (κ3) is 4.06. The van der Waals surface area contributed by atoms with Crippen molar-refractivity contribution in [3.8, 4) is 5.75 Å². The van der Waals surface area contributed by atoms with E-state index in [-0.39, 0.29) is 16.3 Å². The number of hydrogen-bond donors (Lipinski definition) is 2. The van der Waals surface area contributed by atoms with Crippen LogP contribution in [-0.2, 0) is 10.0 Å². The summed E-state index contributed by atoms with van der Waals surface area (Å²) in [6, 6.07) is 10.9. The molecule has 0 unspecified atom stereocenters. The van der Waals surface area contributed by atoms with E-state index in [9.17, 15) is 18.3 Å². The number of aromatic hydroxyl groups is 1. The topological polar surface area (TPSA) is 90.0 Å². The molecule has 0 saturated carbocycles. The molecule has 1 saturated heterocycles. The maximum Gasteiger partial charge on any atom is 0.255 e. The first kappa shape index (κ1) is 19.2. The average molecular weight is 389 g/mol. The summed E-state index contributed by atoms with van der Waals surface area (Å²) in [5.74, 6) is -0.611. The smallest absolute Gasteiger partial charge is 0.255 e.